The second-order valence-corrected chi connectivity index (χ2v) is 15.8. The van der Waals surface area contributed by atoms with Crippen LogP contribution in [0, 0.1) is 6.92 Å². The second-order valence-electron chi connectivity index (χ2n) is 12.4. The maximum Gasteiger partial charge on any atom is 0.344 e. The predicted octanol–water partition coefficient (Wildman–Crippen LogP) is 6.52. The number of ether oxygens (including phenoxy) is 4. The molecule has 0 aliphatic rings. The van der Waals surface area contributed by atoms with E-state index in [4.69, 9.17) is 18.9 Å². The van der Waals surface area contributed by atoms with Gasteiger partial charge in [0.15, 0.2) is 23.0 Å². The molecular formula is C36H41NO9S2. The van der Waals surface area contributed by atoms with Crippen molar-refractivity contribution in [1.82, 2.24) is 4.98 Å². The van der Waals surface area contributed by atoms with E-state index >= 15 is 0 Å². The van der Waals surface area contributed by atoms with E-state index in [0.29, 0.717) is 11.5 Å². The normalized spacial score (nSPS) is 11.6. The highest BCUT2D eigenvalue weighted by atomic mass is 32.2. The van der Waals surface area contributed by atoms with Crippen molar-refractivity contribution in [2.75, 3.05) is 13.2 Å². The summed E-state index contributed by atoms with van der Waals surface area (Å²) in [5.41, 5.74) is -0.188. The van der Waals surface area contributed by atoms with Crippen LogP contribution in [0.4, 0.5) is 0 Å². The van der Waals surface area contributed by atoms with Crippen LogP contribution >= 0.6 is 0 Å². The van der Waals surface area contributed by atoms with E-state index in [9.17, 15) is 22.6 Å². The standard InChI is InChI=1S/C29H34NO6S.C7H8O3S/c1-28(2,3)35-26(31)19-33-21-10-14-23(15-11-21)37(25-9-7-8-18-30-25)24-16-12-22(13-17-24)34-20-27(32)36-29(4,5)6;1-6-2-4-7(5-3-6)11(8,9)10/h7-18H,19-20H2,1-6H3;2-5H,1H3,(H,8,9,10)/q+1;/p-1. The van der Waals surface area contributed by atoms with Crippen molar-refractivity contribution >= 4 is 33.0 Å². The molecule has 0 N–H and O–H groups in total. The Hall–Kier alpha value is -4.39. The molecule has 0 bridgehead atoms. The molecule has 4 aromatic rings. The summed E-state index contributed by atoms with van der Waals surface area (Å²) >= 11 is 0. The third kappa shape index (κ3) is 13.4. The molecule has 4 rings (SSSR count). The highest BCUT2D eigenvalue weighted by molar-refractivity contribution is 7.97. The van der Waals surface area contributed by atoms with Crippen molar-refractivity contribution in [3.63, 3.8) is 0 Å². The van der Waals surface area contributed by atoms with E-state index in [-0.39, 0.29) is 18.1 Å². The first-order valence-electron chi connectivity index (χ1n) is 15.0. The van der Waals surface area contributed by atoms with Crippen molar-refractivity contribution in [1.29, 1.82) is 0 Å². The molecule has 1 heterocycles. The van der Waals surface area contributed by atoms with Gasteiger partial charge in [0.25, 0.3) is 5.03 Å². The summed E-state index contributed by atoms with van der Waals surface area (Å²) in [4.78, 5) is 30.4. The van der Waals surface area contributed by atoms with Crippen LogP contribution < -0.4 is 9.47 Å². The van der Waals surface area contributed by atoms with E-state index < -0.39 is 44.2 Å². The number of hydrogen-bond acceptors (Lipinski definition) is 10. The summed E-state index contributed by atoms with van der Waals surface area (Å²) in [6.07, 6.45) is 1.77. The lowest BCUT2D eigenvalue weighted by Gasteiger charge is -2.19. The molecule has 0 fully saturated rings. The van der Waals surface area contributed by atoms with E-state index in [1.165, 1.54) is 12.1 Å². The number of aromatic nitrogens is 1. The molecule has 0 saturated heterocycles. The van der Waals surface area contributed by atoms with Crippen LogP contribution in [-0.2, 0) is 40.1 Å². The van der Waals surface area contributed by atoms with Gasteiger partial charge in [0.1, 0.15) is 43.7 Å². The Bertz CT molecular complexity index is 1650. The molecule has 0 unspecified atom stereocenters. The highest BCUT2D eigenvalue weighted by Crippen LogP contribution is 2.32. The van der Waals surface area contributed by atoms with Crippen molar-refractivity contribution in [2.45, 2.75) is 79.4 Å². The first kappa shape index (κ1) is 38.1. The fourth-order valence-corrected chi connectivity index (χ4v) is 6.34. The molecule has 0 saturated carbocycles. The fourth-order valence-electron chi connectivity index (χ4n) is 3.92. The Morgan fingerprint density at radius 1 is 0.688 bits per heavy atom. The molecule has 3 aromatic carbocycles. The molecule has 12 heteroatoms. The lowest BCUT2D eigenvalue weighted by molar-refractivity contribution is -0.158. The van der Waals surface area contributed by atoms with Gasteiger partial charge in [-0.05, 0) is 115 Å². The van der Waals surface area contributed by atoms with Gasteiger partial charge in [0, 0.05) is 12.3 Å². The Labute approximate surface area is 285 Å². The number of aryl methyl sites for hydroxylation is 1. The van der Waals surface area contributed by atoms with E-state index in [0.717, 1.165) is 20.4 Å². The van der Waals surface area contributed by atoms with Gasteiger partial charge in [-0.2, -0.15) is 0 Å². The highest BCUT2D eigenvalue weighted by Gasteiger charge is 2.30. The Kier molecular flexibility index (Phi) is 13.2. The predicted molar refractivity (Wildman–Crippen MR) is 181 cm³/mol. The van der Waals surface area contributed by atoms with Crippen molar-refractivity contribution < 1.29 is 41.5 Å². The number of rotatable bonds is 10. The van der Waals surface area contributed by atoms with Gasteiger partial charge in [0.2, 0.25) is 0 Å². The van der Waals surface area contributed by atoms with Crippen LogP contribution in [0.25, 0.3) is 0 Å². The topological polar surface area (TPSA) is 141 Å². The SMILES string of the molecule is CC(C)(C)OC(=O)COc1ccc([S+](c2ccc(OCC(=O)OC(C)(C)C)cc2)c2ccccn2)cc1.Cc1ccc(S(=O)(=O)[O-])cc1. The minimum absolute atomic E-state index is 0.159. The molecule has 0 radical (unpaired) electrons. The van der Waals surface area contributed by atoms with Gasteiger partial charge in [-0.1, -0.05) is 23.8 Å². The van der Waals surface area contributed by atoms with Crippen molar-refractivity contribution in [2.24, 2.45) is 0 Å². The third-order valence-electron chi connectivity index (χ3n) is 5.83. The van der Waals surface area contributed by atoms with Gasteiger partial charge in [0.05, 0.1) is 4.90 Å². The molecule has 0 aliphatic heterocycles. The molecular weight excluding hydrogens is 655 g/mol. The molecule has 0 amide bonds. The molecule has 48 heavy (non-hydrogen) atoms. The molecule has 256 valence electrons. The first-order valence-corrected chi connectivity index (χ1v) is 17.6. The smallest absolute Gasteiger partial charge is 0.344 e. The zero-order valence-corrected chi connectivity index (χ0v) is 29.7. The van der Waals surface area contributed by atoms with E-state index in [1.54, 1.807) is 18.3 Å². The molecule has 0 atom stereocenters. The quantitative estimate of drug-likeness (QED) is 0.102. The van der Waals surface area contributed by atoms with Crippen LogP contribution in [0.5, 0.6) is 11.5 Å². The summed E-state index contributed by atoms with van der Waals surface area (Å²) < 4.78 is 53.0. The lowest BCUT2D eigenvalue weighted by atomic mass is 10.2. The number of esters is 2. The zero-order valence-electron chi connectivity index (χ0n) is 28.1. The number of pyridine rings is 1. The summed E-state index contributed by atoms with van der Waals surface area (Å²) in [5, 5.41) is 0.910. The van der Waals surface area contributed by atoms with Gasteiger partial charge in [-0.3, -0.25) is 0 Å². The van der Waals surface area contributed by atoms with Gasteiger partial charge < -0.3 is 23.5 Å². The van der Waals surface area contributed by atoms with Crippen molar-refractivity contribution in [3.05, 3.63) is 103 Å². The Balaban J connectivity index is 0.000000480. The second kappa shape index (κ2) is 16.6. The number of carbonyl (C=O) groups is 2. The molecule has 1 aromatic heterocycles. The van der Waals surface area contributed by atoms with Crippen LogP contribution in [0.15, 0.2) is 117 Å². The average molecular weight is 696 g/mol. The Morgan fingerprint density at radius 2 is 1.12 bits per heavy atom. The fraction of sp³-hybridized carbons (Fsp3) is 0.306. The van der Waals surface area contributed by atoms with Gasteiger partial charge >= 0.3 is 11.9 Å². The zero-order chi connectivity index (χ0) is 35.5. The minimum Gasteiger partial charge on any atom is -0.744 e. The Morgan fingerprint density at radius 3 is 1.48 bits per heavy atom. The third-order valence-corrected chi connectivity index (χ3v) is 8.83. The number of hydrogen-bond donors (Lipinski definition) is 0. The van der Waals surface area contributed by atoms with E-state index in [2.05, 4.69) is 4.98 Å². The monoisotopic (exact) mass is 695 g/mol. The number of benzene rings is 3. The molecule has 0 spiro atoms. The molecule has 10 nitrogen and oxygen atoms in total. The summed E-state index contributed by atoms with van der Waals surface area (Å²) in [6, 6.07) is 26.8. The average Bonchev–Trinajstić information content (AvgIpc) is 2.99. The van der Waals surface area contributed by atoms with Crippen LogP contribution in [-0.4, -0.2) is 54.3 Å². The maximum atomic E-state index is 12.0. The maximum absolute atomic E-state index is 12.0. The number of carbonyl (C=O) groups excluding carboxylic acids is 2. The largest absolute Gasteiger partial charge is 0.744 e. The summed E-state index contributed by atoms with van der Waals surface area (Å²) in [6.45, 7) is 12.4. The summed E-state index contributed by atoms with van der Waals surface area (Å²) in [5.74, 6) is 0.313. The summed E-state index contributed by atoms with van der Waals surface area (Å²) in [7, 11) is -4.76. The molecule has 0 aliphatic carbocycles. The van der Waals surface area contributed by atoms with E-state index in [1.807, 2.05) is 115 Å². The first-order chi connectivity index (χ1) is 22.4. The minimum atomic E-state index is -4.27. The lowest BCUT2D eigenvalue weighted by Crippen LogP contribution is -2.27. The number of nitrogens with zero attached hydrogens (tertiary/aromatic N) is 1. The van der Waals surface area contributed by atoms with Crippen LogP contribution in [0.3, 0.4) is 0 Å². The van der Waals surface area contributed by atoms with Gasteiger partial charge in [-0.25, -0.2) is 23.0 Å². The van der Waals surface area contributed by atoms with Crippen molar-refractivity contribution in [3.8, 4) is 11.5 Å². The van der Waals surface area contributed by atoms with Crippen LogP contribution in [0.1, 0.15) is 47.1 Å². The van der Waals surface area contributed by atoms with Crippen LogP contribution in [0.2, 0.25) is 0 Å². The van der Waals surface area contributed by atoms with Gasteiger partial charge in [-0.15, -0.1) is 0 Å².